The summed E-state index contributed by atoms with van der Waals surface area (Å²) >= 11 is 0. The van der Waals surface area contributed by atoms with E-state index in [0.29, 0.717) is 18.2 Å². The summed E-state index contributed by atoms with van der Waals surface area (Å²) in [5.41, 5.74) is -11.9. The van der Waals surface area contributed by atoms with Crippen LogP contribution in [0.15, 0.2) is 122 Å². The number of esters is 7. The van der Waals surface area contributed by atoms with Gasteiger partial charge in [0.2, 0.25) is 0 Å². The number of hydrogen-bond acceptors (Lipinski definition) is 17. The van der Waals surface area contributed by atoms with E-state index in [1.165, 1.54) is 6.92 Å². The number of halogens is 15. The second-order valence-corrected chi connectivity index (χ2v) is 18.2. The van der Waals surface area contributed by atoms with Gasteiger partial charge in [0, 0.05) is 6.92 Å². The molecule has 3 aromatic carbocycles. The van der Waals surface area contributed by atoms with Crippen LogP contribution in [-0.2, 0) is 85.2 Å². The van der Waals surface area contributed by atoms with Gasteiger partial charge in [-0.2, -0.15) is 39.5 Å². The van der Waals surface area contributed by atoms with Gasteiger partial charge < -0.3 is 49.1 Å². The molecule has 17 nitrogen and oxygen atoms in total. The topological polar surface area (TPSA) is 220 Å². The zero-order chi connectivity index (χ0) is 64.8. The first-order valence-corrected chi connectivity index (χ1v) is 24.7. The Bertz CT molecular complexity index is 3360. The average Bonchev–Trinajstić information content (AvgIpc) is 1.91. The van der Waals surface area contributed by atoms with E-state index >= 15 is 0 Å². The first-order valence-electron chi connectivity index (χ1n) is 24.7. The molecule has 0 saturated heterocycles. The average molecular weight is 1260 g/mol. The standard InChI is InChI=1S/C21H20F5NO6.2C17H12F5NO4/c1-4-32-20(30)17-14(9-33-10(2)28)27-13(8-22)16(19(29)31-3)15(17)11-6-5-7-12(23)18(11)21(24,25)26;2*1-26-15(24)12-9(5-18)23-10-6-27-16(25)13(10)11(12)7-3-2-4-8(19)14(7)17(20,21)22/h5-7,15,27H,4,8-9H2,1-3H3;2*2-4,11,23H,5-6H2,1H3/t;2*11-/m.10/s1. The van der Waals surface area contributed by atoms with Crippen molar-refractivity contribution in [1.82, 2.24) is 16.0 Å². The third-order valence-corrected chi connectivity index (χ3v) is 13.2. The summed E-state index contributed by atoms with van der Waals surface area (Å²) in [6, 6.07) is 7.43. The summed E-state index contributed by atoms with van der Waals surface area (Å²) in [6.45, 7) is -3.00. The van der Waals surface area contributed by atoms with Gasteiger partial charge in [0.15, 0.2) is 0 Å². The minimum Gasteiger partial charge on any atom is -0.466 e. The molecule has 0 bridgehead atoms. The summed E-state index contributed by atoms with van der Waals surface area (Å²) in [7, 11) is 2.81. The van der Waals surface area contributed by atoms with Gasteiger partial charge in [0.25, 0.3) is 0 Å². The van der Waals surface area contributed by atoms with Crippen molar-refractivity contribution in [2.75, 3.05) is 67.8 Å². The number of rotatable bonds is 13. The van der Waals surface area contributed by atoms with E-state index in [1.807, 2.05) is 0 Å². The van der Waals surface area contributed by atoms with Gasteiger partial charge in [0.05, 0.1) is 130 Å². The molecule has 0 radical (unpaired) electrons. The van der Waals surface area contributed by atoms with Crippen molar-refractivity contribution in [3.63, 3.8) is 0 Å². The number of ether oxygens (including phenoxy) is 7. The van der Waals surface area contributed by atoms with Crippen LogP contribution in [0.4, 0.5) is 65.9 Å². The first kappa shape index (κ1) is 66.9. The quantitative estimate of drug-likeness (QED) is 0.0827. The van der Waals surface area contributed by atoms with E-state index < -0.39 is 184 Å². The van der Waals surface area contributed by atoms with Gasteiger partial charge in [-0.05, 0) is 41.8 Å². The number of allylic oxidation sites excluding steroid dienone is 3. The molecule has 87 heavy (non-hydrogen) atoms. The van der Waals surface area contributed by atoms with Crippen molar-refractivity contribution in [2.45, 2.75) is 50.1 Å². The maximum absolute atomic E-state index is 14.4. The summed E-state index contributed by atoms with van der Waals surface area (Å²) in [5, 5.41) is 7.41. The molecule has 5 aliphatic heterocycles. The molecule has 3 atom stereocenters. The smallest absolute Gasteiger partial charge is 0.419 e. The van der Waals surface area contributed by atoms with Crippen LogP contribution in [0.3, 0.4) is 0 Å². The van der Waals surface area contributed by atoms with Gasteiger partial charge >= 0.3 is 60.3 Å². The van der Waals surface area contributed by atoms with Crippen LogP contribution in [-0.4, -0.2) is 110 Å². The van der Waals surface area contributed by atoms with Crippen molar-refractivity contribution in [3.8, 4) is 0 Å². The Kier molecular flexibility index (Phi) is 20.7. The van der Waals surface area contributed by atoms with Crippen molar-refractivity contribution < 1.29 is 133 Å². The predicted molar refractivity (Wildman–Crippen MR) is 263 cm³/mol. The van der Waals surface area contributed by atoms with Crippen LogP contribution >= 0.6 is 0 Å². The van der Waals surface area contributed by atoms with Gasteiger partial charge in [-0.1, -0.05) is 36.4 Å². The molecule has 0 fully saturated rings. The molecule has 0 amide bonds. The minimum absolute atomic E-state index is 0.0164. The van der Waals surface area contributed by atoms with E-state index in [9.17, 15) is 99.4 Å². The summed E-state index contributed by atoms with van der Waals surface area (Å²) in [4.78, 5) is 85.4. The third kappa shape index (κ3) is 13.7. The molecule has 0 aliphatic carbocycles. The number of hydrogen-bond donors (Lipinski definition) is 3. The van der Waals surface area contributed by atoms with Gasteiger partial charge in [-0.25, -0.2) is 55.1 Å². The molecule has 0 saturated carbocycles. The Morgan fingerprint density at radius 3 is 1.13 bits per heavy atom. The lowest BCUT2D eigenvalue weighted by Gasteiger charge is -2.32. The van der Waals surface area contributed by atoms with Crippen molar-refractivity contribution in [1.29, 1.82) is 0 Å². The summed E-state index contributed by atoms with van der Waals surface area (Å²) in [5.74, 6) is -17.7. The van der Waals surface area contributed by atoms with E-state index in [4.69, 9.17) is 18.9 Å². The molecule has 32 heteroatoms. The van der Waals surface area contributed by atoms with Crippen LogP contribution in [0.25, 0.3) is 0 Å². The van der Waals surface area contributed by atoms with E-state index in [1.54, 1.807) is 0 Å². The molecule has 3 N–H and O–H groups in total. The van der Waals surface area contributed by atoms with E-state index in [0.717, 1.165) is 64.7 Å². The number of cyclic esters (lactones) is 2. The lowest BCUT2D eigenvalue weighted by molar-refractivity contribution is -0.143. The molecule has 0 spiro atoms. The molecule has 0 aromatic heterocycles. The van der Waals surface area contributed by atoms with Crippen LogP contribution in [0.5, 0.6) is 0 Å². The highest BCUT2D eigenvalue weighted by molar-refractivity contribution is 6.03. The minimum atomic E-state index is -5.24. The zero-order valence-corrected chi connectivity index (χ0v) is 45.3. The highest BCUT2D eigenvalue weighted by atomic mass is 19.4. The fourth-order valence-electron chi connectivity index (χ4n) is 9.85. The molecule has 5 heterocycles. The van der Waals surface area contributed by atoms with Crippen molar-refractivity contribution >= 4 is 41.8 Å². The number of dihydropyridines is 3. The second kappa shape index (κ2) is 27.0. The highest BCUT2D eigenvalue weighted by Gasteiger charge is 2.51. The second-order valence-electron chi connectivity index (χ2n) is 18.2. The summed E-state index contributed by atoms with van der Waals surface area (Å²) in [6.07, 6.45) is -15.5. The molecule has 8 rings (SSSR count). The Hall–Kier alpha value is -9.26. The number of carbonyl (C=O) groups is 7. The lowest BCUT2D eigenvalue weighted by Crippen LogP contribution is -2.37. The van der Waals surface area contributed by atoms with E-state index in [-0.39, 0.29) is 59.5 Å². The fourth-order valence-corrected chi connectivity index (χ4v) is 9.85. The molecule has 3 aromatic rings. The fraction of sp³-hybridized carbons (Fsp3) is 0.327. The van der Waals surface area contributed by atoms with Crippen LogP contribution in [0.2, 0.25) is 0 Å². The Labute approximate surface area is 480 Å². The maximum Gasteiger partial charge on any atom is 0.419 e. The number of nitrogens with one attached hydrogen (secondary N) is 3. The monoisotopic (exact) mass is 1260 g/mol. The van der Waals surface area contributed by atoms with E-state index in [2.05, 4.69) is 30.2 Å². The molecular weight excluding hydrogens is 1210 g/mol. The Balaban J connectivity index is 0.000000210. The van der Waals surface area contributed by atoms with Gasteiger partial charge in [0.1, 0.15) is 57.3 Å². The molecule has 1 unspecified atom stereocenters. The van der Waals surface area contributed by atoms with Gasteiger partial charge in [-0.15, -0.1) is 0 Å². The molecule has 468 valence electrons. The Morgan fingerprint density at radius 1 is 0.494 bits per heavy atom. The summed E-state index contributed by atoms with van der Waals surface area (Å²) < 4.78 is 239. The molecular formula is C55H44F15N3O14. The normalized spacial score (nSPS) is 18.4. The molecule has 5 aliphatic rings. The largest absolute Gasteiger partial charge is 0.466 e. The van der Waals surface area contributed by atoms with Crippen LogP contribution in [0, 0.1) is 17.5 Å². The number of benzene rings is 3. The predicted octanol–water partition coefficient (Wildman–Crippen LogP) is 8.79. The first-order chi connectivity index (χ1) is 40.9. The lowest BCUT2D eigenvalue weighted by atomic mass is 9.78. The number of methoxy groups -OCH3 is 3. The van der Waals surface area contributed by atoms with Crippen molar-refractivity contribution in [3.05, 3.63) is 173 Å². The van der Waals surface area contributed by atoms with Crippen LogP contribution < -0.4 is 16.0 Å². The zero-order valence-electron chi connectivity index (χ0n) is 45.3. The maximum atomic E-state index is 14.4. The number of carbonyl (C=O) groups excluding carboxylic acids is 7. The van der Waals surface area contributed by atoms with Crippen molar-refractivity contribution in [2.24, 2.45) is 0 Å². The third-order valence-electron chi connectivity index (χ3n) is 13.2. The number of alkyl halides is 12. The SMILES string of the molecule is CCOC(=O)C1=C(COC(C)=O)NC(CF)=C(C(=O)OC)C1c1cccc(F)c1C(F)(F)F.COC(=O)C1=C(CF)NC2=C(C(=O)OC2)[C@@H]1c1cccc(F)c1C(F)(F)F.COC(=O)C1=C(CF)NC2=C(C(=O)OC2)[C@H]1c1cccc(F)c1C(F)(F)F. The van der Waals surface area contributed by atoms with Crippen LogP contribution in [0.1, 0.15) is 65.0 Å². The van der Waals surface area contributed by atoms with Gasteiger partial charge in [-0.3, -0.25) is 4.79 Å². The highest BCUT2D eigenvalue weighted by Crippen LogP contribution is 2.50. The Morgan fingerprint density at radius 2 is 0.816 bits per heavy atom.